The lowest BCUT2D eigenvalue weighted by Gasteiger charge is -2.22. The fourth-order valence-corrected chi connectivity index (χ4v) is 3.52. The van der Waals surface area contributed by atoms with Crippen LogP contribution in [0, 0.1) is 5.92 Å². The highest BCUT2D eigenvalue weighted by atomic mass is 32.1. The second kappa shape index (κ2) is 4.99. The van der Waals surface area contributed by atoms with Crippen LogP contribution in [-0.2, 0) is 11.3 Å². The molecule has 1 N–H and O–H groups in total. The second-order valence-corrected chi connectivity index (χ2v) is 6.03. The van der Waals surface area contributed by atoms with Crippen LogP contribution >= 0.6 is 11.3 Å². The van der Waals surface area contributed by atoms with Crippen molar-refractivity contribution in [3.8, 4) is 0 Å². The smallest absolute Gasteiger partial charge is 0.321 e. The van der Waals surface area contributed by atoms with Crippen molar-refractivity contribution in [3.05, 3.63) is 33.7 Å². The molecule has 2 unspecified atom stereocenters. The molecule has 0 bridgehead atoms. The van der Waals surface area contributed by atoms with Crippen molar-refractivity contribution in [1.29, 1.82) is 0 Å². The minimum atomic E-state index is -0.802. The van der Waals surface area contributed by atoms with Crippen molar-refractivity contribution in [2.24, 2.45) is 5.92 Å². The molecule has 1 fully saturated rings. The van der Waals surface area contributed by atoms with E-state index in [-0.39, 0.29) is 11.5 Å². The highest BCUT2D eigenvalue weighted by Crippen LogP contribution is 2.25. The fraction of sp³-hybridized carbons (Fsp3) is 0.462. The number of carboxylic acid groups (broad SMARTS) is 1. The molecule has 3 rings (SSSR count). The van der Waals surface area contributed by atoms with Gasteiger partial charge in [-0.25, -0.2) is 4.98 Å². The molecule has 20 heavy (non-hydrogen) atoms. The summed E-state index contributed by atoms with van der Waals surface area (Å²) >= 11 is 1.40. The number of aliphatic carboxylic acids is 1. The van der Waals surface area contributed by atoms with Crippen molar-refractivity contribution in [2.75, 3.05) is 6.54 Å². The Bertz CT molecular complexity index is 708. The van der Waals surface area contributed by atoms with Crippen LogP contribution in [0.2, 0.25) is 0 Å². The minimum Gasteiger partial charge on any atom is -0.480 e. The van der Waals surface area contributed by atoms with Crippen molar-refractivity contribution in [3.63, 3.8) is 0 Å². The maximum atomic E-state index is 11.9. The van der Waals surface area contributed by atoms with Gasteiger partial charge in [0.15, 0.2) is 4.96 Å². The molecule has 1 aliphatic rings. The zero-order valence-corrected chi connectivity index (χ0v) is 11.8. The van der Waals surface area contributed by atoms with Crippen LogP contribution in [0.4, 0.5) is 0 Å². The zero-order chi connectivity index (χ0) is 14.3. The number of carboxylic acids is 1. The highest BCUT2D eigenvalue weighted by Gasteiger charge is 2.36. The van der Waals surface area contributed by atoms with E-state index in [0.717, 1.165) is 13.0 Å². The van der Waals surface area contributed by atoms with Gasteiger partial charge in [-0.15, -0.1) is 11.3 Å². The number of hydrogen-bond donors (Lipinski definition) is 1. The van der Waals surface area contributed by atoms with Crippen LogP contribution in [0.25, 0.3) is 4.96 Å². The number of likely N-dealkylation sites (tertiary alicyclic amines) is 1. The maximum Gasteiger partial charge on any atom is 0.321 e. The summed E-state index contributed by atoms with van der Waals surface area (Å²) in [7, 11) is 0. The van der Waals surface area contributed by atoms with Crippen molar-refractivity contribution < 1.29 is 9.90 Å². The van der Waals surface area contributed by atoms with E-state index in [2.05, 4.69) is 4.98 Å². The Morgan fingerprint density at radius 3 is 3.15 bits per heavy atom. The summed E-state index contributed by atoms with van der Waals surface area (Å²) in [6.45, 7) is 3.08. The standard InChI is InChI=1S/C13H15N3O3S/c1-8-2-3-15(11(8)12(18)19)7-9-6-10(17)16-4-5-20-13(16)14-9/h4-6,8,11H,2-3,7H2,1H3,(H,18,19). The number of hydrogen-bond acceptors (Lipinski definition) is 5. The molecule has 2 aromatic rings. The largest absolute Gasteiger partial charge is 0.480 e. The Labute approximate surface area is 119 Å². The third-order valence-electron chi connectivity index (χ3n) is 3.78. The summed E-state index contributed by atoms with van der Waals surface area (Å²) in [5.41, 5.74) is 0.517. The van der Waals surface area contributed by atoms with Gasteiger partial charge in [0.1, 0.15) is 6.04 Å². The predicted molar refractivity (Wildman–Crippen MR) is 75.0 cm³/mol. The molecule has 3 heterocycles. The molecule has 0 amide bonds. The van der Waals surface area contributed by atoms with Crippen LogP contribution in [0.3, 0.4) is 0 Å². The third kappa shape index (κ3) is 2.23. The first-order valence-corrected chi connectivity index (χ1v) is 7.37. The van der Waals surface area contributed by atoms with E-state index in [0.29, 0.717) is 17.2 Å². The monoisotopic (exact) mass is 293 g/mol. The van der Waals surface area contributed by atoms with Gasteiger partial charge in [-0.2, -0.15) is 0 Å². The molecule has 7 heteroatoms. The van der Waals surface area contributed by atoms with Gasteiger partial charge in [0.25, 0.3) is 5.56 Å². The molecule has 1 saturated heterocycles. The zero-order valence-electron chi connectivity index (χ0n) is 11.0. The van der Waals surface area contributed by atoms with Crippen LogP contribution in [0.5, 0.6) is 0 Å². The van der Waals surface area contributed by atoms with Crippen molar-refractivity contribution in [1.82, 2.24) is 14.3 Å². The summed E-state index contributed by atoms with van der Waals surface area (Å²) in [4.78, 5) is 30.2. The minimum absolute atomic E-state index is 0.120. The van der Waals surface area contributed by atoms with E-state index in [1.807, 2.05) is 17.2 Å². The van der Waals surface area contributed by atoms with Gasteiger partial charge in [-0.3, -0.25) is 18.9 Å². The Morgan fingerprint density at radius 2 is 2.40 bits per heavy atom. The van der Waals surface area contributed by atoms with E-state index in [4.69, 9.17) is 0 Å². The summed E-state index contributed by atoms with van der Waals surface area (Å²) in [5, 5.41) is 11.1. The Morgan fingerprint density at radius 1 is 1.60 bits per heavy atom. The van der Waals surface area contributed by atoms with E-state index in [9.17, 15) is 14.7 Å². The van der Waals surface area contributed by atoms with Gasteiger partial charge in [-0.05, 0) is 18.9 Å². The molecule has 6 nitrogen and oxygen atoms in total. The van der Waals surface area contributed by atoms with Gasteiger partial charge in [0.05, 0.1) is 5.69 Å². The Kier molecular flexibility index (Phi) is 3.31. The number of aromatic nitrogens is 2. The predicted octanol–water partition coefficient (Wildman–Crippen LogP) is 1.05. The first-order valence-electron chi connectivity index (χ1n) is 6.49. The molecule has 2 atom stereocenters. The van der Waals surface area contributed by atoms with E-state index in [1.54, 1.807) is 6.20 Å². The lowest BCUT2D eigenvalue weighted by atomic mass is 10.0. The quantitative estimate of drug-likeness (QED) is 0.915. The molecule has 0 radical (unpaired) electrons. The maximum absolute atomic E-state index is 11.9. The Balaban J connectivity index is 1.89. The van der Waals surface area contributed by atoms with E-state index < -0.39 is 12.0 Å². The number of nitrogens with zero attached hydrogens (tertiary/aromatic N) is 3. The van der Waals surface area contributed by atoms with Gasteiger partial charge in [-0.1, -0.05) is 6.92 Å². The summed E-state index contributed by atoms with van der Waals surface area (Å²) < 4.78 is 1.50. The lowest BCUT2D eigenvalue weighted by Crippen LogP contribution is -2.38. The van der Waals surface area contributed by atoms with Gasteiger partial charge < -0.3 is 5.11 Å². The topological polar surface area (TPSA) is 74.9 Å². The number of carbonyl (C=O) groups is 1. The third-order valence-corrected chi connectivity index (χ3v) is 4.53. The van der Waals surface area contributed by atoms with Crippen LogP contribution < -0.4 is 5.56 Å². The van der Waals surface area contributed by atoms with Crippen LogP contribution in [0.1, 0.15) is 19.0 Å². The summed E-state index contributed by atoms with van der Waals surface area (Å²) in [6.07, 6.45) is 2.55. The molecule has 1 aliphatic heterocycles. The molecular weight excluding hydrogens is 278 g/mol. The van der Waals surface area contributed by atoms with Crippen LogP contribution in [0.15, 0.2) is 22.4 Å². The lowest BCUT2D eigenvalue weighted by molar-refractivity contribution is -0.143. The average Bonchev–Trinajstić information content (AvgIpc) is 2.96. The van der Waals surface area contributed by atoms with Crippen molar-refractivity contribution >= 4 is 22.3 Å². The second-order valence-electron chi connectivity index (χ2n) is 5.16. The van der Waals surface area contributed by atoms with Gasteiger partial charge in [0.2, 0.25) is 0 Å². The van der Waals surface area contributed by atoms with Crippen molar-refractivity contribution in [2.45, 2.75) is 25.9 Å². The summed E-state index contributed by atoms with van der Waals surface area (Å²) in [5.74, 6) is -0.678. The number of rotatable bonds is 3. The number of fused-ring (bicyclic) bond motifs is 1. The van der Waals surface area contributed by atoms with E-state index in [1.165, 1.54) is 21.8 Å². The van der Waals surface area contributed by atoms with Crippen LogP contribution in [-0.4, -0.2) is 37.9 Å². The summed E-state index contributed by atoms with van der Waals surface area (Å²) in [6, 6.07) is 1.00. The highest BCUT2D eigenvalue weighted by molar-refractivity contribution is 7.15. The molecule has 0 aliphatic carbocycles. The first kappa shape index (κ1) is 13.3. The van der Waals surface area contributed by atoms with Gasteiger partial charge >= 0.3 is 5.97 Å². The average molecular weight is 293 g/mol. The van der Waals surface area contributed by atoms with Gasteiger partial charge in [0, 0.05) is 24.2 Å². The Hall–Kier alpha value is -1.73. The molecular formula is C13H15N3O3S. The SMILES string of the molecule is CC1CCN(Cc2cc(=O)n3ccsc3n2)C1C(=O)O. The fourth-order valence-electron chi connectivity index (χ4n) is 2.78. The molecule has 2 aromatic heterocycles. The molecule has 106 valence electrons. The normalized spacial score (nSPS) is 23.4. The molecule has 0 spiro atoms. The molecule has 0 aromatic carbocycles. The number of thiazole rings is 1. The van der Waals surface area contributed by atoms with E-state index >= 15 is 0 Å². The molecule has 0 saturated carbocycles. The first-order chi connectivity index (χ1) is 9.56.